The highest BCUT2D eigenvalue weighted by Gasteiger charge is 2.69. The minimum atomic E-state index is -0.655. The van der Waals surface area contributed by atoms with E-state index >= 15 is 0 Å². The van der Waals surface area contributed by atoms with Crippen molar-refractivity contribution in [1.29, 1.82) is 5.26 Å². The van der Waals surface area contributed by atoms with E-state index in [1.807, 2.05) is 26.0 Å². The molecule has 0 aromatic rings. The molecular weight excluding hydrogens is 486 g/mol. The molecule has 212 valence electrons. The van der Waals surface area contributed by atoms with Crippen molar-refractivity contribution >= 4 is 17.6 Å². The number of carbonyl (C=O) groups excluding carboxylic acids is 3. The van der Waals surface area contributed by atoms with Crippen molar-refractivity contribution in [2.24, 2.45) is 50.2 Å². The van der Waals surface area contributed by atoms with Crippen LogP contribution in [-0.2, 0) is 9.59 Å². The number of amides is 2. The molecule has 2 unspecified atom stereocenters. The molecule has 5 aliphatic rings. The molecule has 3 saturated carbocycles. The number of hydrogen-bond donors (Lipinski definition) is 2. The molecule has 0 heterocycles. The van der Waals surface area contributed by atoms with Gasteiger partial charge in [0.1, 0.15) is 6.07 Å². The van der Waals surface area contributed by atoms with Crippen molar-refractivity contribution in [2.45, 2.75) is 93.4 Å². The Hall–Kier alpha value is -2.42. The van der Waals surface area contributed by atoms with E-state index in [-0.39, 0.29) is 62.6 Å². The minimum Gasteiger partial charge on any atom is -0.341 e. The molecule has 0 aliphatic heterocycles. The third-order valence-corrected chi connectivity index (χ3v) is 12.9. The maximum absolute atomic E-state index is 14.5. The Bertz CT molecular complexity index is 1240. The van der Waals surface area contributed by atoms with Gasteiger partial charge in [0.2, 0.25) is 0 Å². The molecule has 7 atom stereocenters. The van der Waals surface area contributed by atoms with Crippen molar-refractivity contribution in [3.8, 4) is 6.07 Å². The van der Waals surface area contributed by atoms with Gasteiger partial charge in [0.25, 0.3) is 0 Å². The lowest BCUT2D eigenvalue weighted by Gasteiger charge is -2.69. The number of urea groups is 1. The van der Waals surface area contributed by atoms with Gasteiger partial charge in [0, 0.05) is 30.3 Å². The highest BCUT2D eigenvalue weighted by molar-refractivity contribution is 6.04. The van der Waals surface area contributed by atoms with E-state index in [2.05, 4.69) is 51.3 Å². The first-order valence-electron chi connectivity index (χ1n) is 14.9. The Labute approximate surface area is 234 Å². The molecule has 2 amide bonds. The first-order chi connectivity index (χ1) is 18.0. The standard InChI is InChI=1S/C33H47N3O3/c1-28(2)11-13-33(19-36-27(39)35-8)14-12-32(7)25(21(33)17-28)22(37)15-24-30(5)16-20(18-34)26(38)29(3,4)23(30)9-10-31(24,32)6/h15-16,21,23,25H,9-14,17,19H2,1-8H3,(H2,35,36,39)/t21?,23?,25-,30-,31+,32+,33+/m0/s1. The van der Waals surface area contributed by atoms with E-state index < -0.39 is 10.8 Å². The van der Waals surface area contributed by atoms with E-state index in [9.17, 15) is 19.6 Å². The molecule has 39 heavy (non-hydrogen) atoms. The van der Waals surface area contributed by atoms with Crippen LogP contribution in [0.1, 0.15) is 93.4 Å². The Morgan fingerprint density at radius 1 is 1.03 bits per heavy atom. The number of nitriles is 1. The van der Waals surface area contributed by atoms with Crippen LogP contribution >= 0.6 is 0 Å². The summed E-state index contributed by atoms with van der Waals surface area (Å²) in [5.74, 6) is 0.275. The molecule has 6 nitrogen and oxygen atoms in total. The van der Waals surface area contributed by atoms with Gasteiger partial charge in [-0.3, -0.25) is 9.59 Å². The summed E-state index contributed by atoms with van der Waals surface area (Å²) in [5.41, 5.74) is -0.187. The molecule has 0 spiro atoms. The Balaban J connectivity index is 1.65. The lowest BCUT2D eigenvalue weighted by Crippen LogP contribution is -2.66. The second-order valence-electron chi connectivity index (χ2n) is 15.6. The van der Waals surface area contributed by atoms with E-state index in [0.29, 0.717) is 6.54 Å². The first kappa shape index (κ1) is 28.1. The topological polar surface area (TPSA) is 99.1 Å². The zero-order chi connectivity index (χ0) is 28.8. The number of fused-ring (bicyclic) bond motifs is 7. The molecule has 5 rings (SSSR count). The van der Waals surface area contributed by atoms with Crippen molar-refractivity contribution in [1.82, 2.24) is 10.6 Å². The summed E-state index contributed by atoms with van der Waals surface area (Å²) < 4.78 is 0. The predicted molar refractivity (Wildman–Crippen MR) is 151 cm³/mol. The van der Waals surface area contributed by atoms with Gasteiger partial charge in [-0.2, -0.15) is 5.26 Å². The van der Waals surface area contributed by atoms with Gasteiger partial charge in [-0.05, 0) is 84.5 Å². The maximum atomic E-state index is 14.5. The number of nitrogens with one attached hydrogen (secondary N) is 2. The summed E-state index contributed by atoms with van der Waals surface area (Å²) in [7, 11) is 1.65. The van der Waals surface area contributed by atoms with Crippen LogP contribution in [0.3, 0.4) is 0 Å². The average molecular weight is 534 g/mol. The number of allylic oxidation sites excluding steroid dienone is 4. The van der Waals surface area contributed by atoms with Gasteiger partial charge in [-0.25, -0.2) is 4.79 Å². The van der Waals surface area contributed by atoms with Gasteiger partial charge < -0.3 is 10.6 Å². The average Bonchev–Trinajstić information content (AvgIpc) is 2.86. The molecular formula is C33H47N3O3. The van der Waals surface area contributed by atoms with Crippen LogP contribution in [0, 0.1) is 61.6 Å². The van der Waals surface area contributed by atoms with Crippen LogP contribution in [0.5, 0.6) is 0 Å². The van der Waals surface area contributed by atoms with Crippen molar-refractivity contribution < 1.29 is 14.4 Å². The second-order valence-corrected chi connectivity index (χ2v) is 15.6. The molecule has 0 aromatic heterocycles. The molecule has 0 radical (unpaired) electrons. The monoisotopic (exact) mass is 533 g/mol. The summed E-state index contributed by atoms with van der Waals surface area (Å²) in [6.07, 6.45) is 10.7. The summed E-state index contributed by atoms with van der Waals surface area (Å²) in [6.45, 7) is 16.1. The fourth-order valence-electron chi connectivity index (χ4n) is 10.4. The lowest BCUT2D eigenvalue weighted by molar-refractivity contribution is -0.170. The summed E-state index contributed by atoms with van der Waals surface area (Å²) in [4.78, 5) is 40.0. The van der Waals surface area contributed by atoms with E-state index in [1.54, 1.807) is 7.05 Å². The smallest absolute Gasteiger partial charge is 0.314 e. The molecule has 3 fully saturated rings. The molecule has 5 aliphatic carbocycles. The van der Waals surface area contributed by atoms with Gasteiger partial charge >= 0.3 is 6.03 Å². The van der Waals surface area contributed by atoms with Gasteiger partial charge in [-0.15, -0.1) is 0 Å². The maximum Gasteiger partial charge on any atom is 0.314 e. The van der Waals surface area contributed by atoms with Crippen LogP contribution in [0.15, 0.2) is 23.3 Å². The Morgan fingerprint density at radius 2 is 1.69 bits per heavy atom. The summed E-state index contributed by atoms with van der Waals surface area (Å²) in [5, 5.41) is 15.7. The van der Waals surface area contributed by atoms with Crippen LogP contribution in [0.25, 0.3) is 0 Å². The molecule has 0 aromatic carbocycles. The number of rotatable bonds is 2. The Kier molecular flexibility index (Phi) is 6.16. The number of ketones is 2. The van der Waals surface area contributed by atoms with Crippen LogP contribution in [0.2, 0.25) is 0 Å². The van der Waals surface area contributed by atoms with E-state index in [1.165, 1.54) is 0 Å². The number of carbonyl (C=O) groups is 3. The molecule has 0 bridgehead atoms. The summed E-state index contributed by atoms with van der Waals surface area (Å²) in [6, 6.07) is 2.03. The van der Waals surface area contributed by atoms with E-state index in [4.69, 9.17) is 0 Å². The summed E-state index contributed by atoms with van der Waals surface area (Å²) >= 11 is 0. The van der Waals surface area contributed by atoms with Gasteiger partial charge in [0.15, 0.2) is 11.6 Å². The zero-order valence-corrected chi connectivity index (χ0v) is 25.2. The van der Waals surface area contributed by atoms with Gasteiger partial charge in [0.05, 0.1) is 5.57 Å². The predicted octanol–water partition coefficient (Wildman–Crippen LogP) is 6.13. The second kappa shape index (κ2) is 8.54. The van der Waals surface area contributed by atoms with Crippen molar-refractivity contribution in [3.05, 3.63) is 23.3 Å². The fraction of sp³-hybridized carbons (Fsp3) is 0.758. The largest absolute Gasteiger partial charge is 0.341 e. The zero-order valence-electron chi connectivity index (χ0n) is 25.2. The normalized spacial score (nSPS) is 43.8. The highest BCUT2D eigenvalue weighted by atomic mass is 16.2. The third-order valence-electron chi connectivity index (χ3n) is 12.9. The molecule has 0 saturated heterocycles. The quantitative estimate of drug-likeness (QED) is 0.446. The third kappa shape index (κ3) is 3.67. The lowest BCUT2D eigenvalue weighted by atomic mass is 9.34. The Morgan fingerprint density at radius 3 is 2.33 bits per heavy atom. The van der Waals surface area contributed by atoms with Crippen molar-refractivity contribution in [3.63, 3.8) is 0 Å². The minimum absolute atomic E-state index is 0.0509. The SMILES string of the molecule is CNC(=O)NC[C@]12CCC(C)(C)CC1[C@H]1C(=O)C=C3[C@@]4(C)C=C(C#N)C(=O)C(C)(C)C4CC[C@@]3(C)[C@]1(C)CC2. The van der Waals surface area contributed by atoms with E-state index in [0.717, 1.165) is 50.5 Å². The highest BCUT2D eigenvalue weighted by Crippen LogP contribution is 2.74. The van der Waals surface area contributed by atoms with Crippen LogP contribution < -0.4 is 10.6 Å². The number of nitrogens with zero attached hydrogens (tertiary/aromatic N) is 1. The van der Waals surface area contributed by atoms with Crippen LogP contribution in [0.4, 0.5) is 4.79 Å². The van der Waals surface area contributed by atoms with Crippen molar-refractivity contribution in [2.75, 3.05) is 13.6 Å². The fourth-order valence-corrected chi connectivity index (χ4v) is 10.4. The van der Waals surface area contributed by atoms with Crippen LogP contribution in [-0.4, -0.2) is 31.2 Å². The number of hydrogen-bond acceptors (Lipinski definition) is 4. The first-order valence-corrected chi connectivity index (χ1v) is 14.9. The molecule has 6 heteroatoms. The number of Topliss-reactive ketones (excluding diaryl/α,β-unsaturated/α-hetero) is 1. The van der Waals surface area contributed by atoms with Gasteiger partial charge in [-0.1, -0.05) is 60.1 Å². The molecule has 2 N–H and O–H groups in total.